The molecular formula is C20H17F3N2O4. The molecule has 0 spiro atoms. The predicted molar refractivity (Wildman–Crippen MR) is 101 cm³/mol. The van der Waals surface area contributed by atoms with Crippen LogP contribution in [0.25, 0.3) is 6.08 Å². The number of hydrogen-bond acceptors (Lipinski definition) is 5. The molecule has 2 aromatic rings. The predicted octanol–water partition coefficient (Wildman–Crippen LogP) is 4.06. The first-order chi connectivity index (χ1) is 13.8. The van der Waals surface area contributed by atoms with Gasteiger partial charge in [-0.1, -0.05) is 18.2 Å². The maximum absolute atomic E-state index is 13.6. The molecule has 29 heavy (non-hydrogen) atoms. The van der Waals surface area contributed by atoms with Crippen molar-refractivity contribution in [2.75, 3.05) is 26.3 Å². The van der Waals surface area contributed by atoms with Crippen molar-refractivity contribution in [3.05, 3.63) is 53.6 Å². The molecule has 1 aliphatic rings. The van der Waals surface area contributed by atoms with Crippen molar-refractivity contribution in [2.45, 2.75) is 6.18 Å². The van der Waals surface area contributed by atoms with Gasteiger partial charge in [-0.05, 0) is 35.9 Å². The Balaban J connectivity index is 2.12. The first-order valence-electron chi connectivity index (χ1n) is 8.37. The van der Waals surface area contributed by atoms with Crippen LogP contribution < -0.4 is 19.2 Å². The molecule has 1 amide bonds. The zero-order chi connectivity index (χ0) is 21.2. The zero-order valence-electron chi connectivity index (χ0n) is 15.8. The van der Waals surface area contributed by atoms with E-state index in [2.05, 4.69) is 5.10 Å². The van der Waals surface area contributed by atoms with E-state index in [1.54, 1.807) is 18.2 Å². The average molecular weight is 406 g/mol. The normalized spacial score (nSPS) is 15.5. The molecule has 1 aliphatic heterocycles. The van der Waals surface area contributed by atoms with Crippen LogP contribution in [0, 0.1) is 0 Å². The van der Waals surface area contributed by atoms with Crippen LogP contribution in [0.5, 0.6) is 17.2 Å². The van der Waals surface area contributed by atoms with Gasteiger partial charge in [-0.25, -0.2) is 0 Å². The second kappa shape index (κ2) is 7.86. The third-order valence-electron chi connectivity index (χ3n) is 4.15. The second-order valence-electron chi connectivity index (χ2n) is 5.92. The van der Waals surface area contributed by atoms with E-state index < -0.39 is 23.4 Å². The van der Waals surface area contributed by atoms with Gasteiger partial charge in [-0.3, -0.25) is 4.79 Å². The average Bonchev–Trinajstić information content (AvgIpc) is 3.04. The van der Waals surface area contributed by atoms with Crippen LogP contribution in [-0.4, -0.2) is 39.1 Å². The van der Waals surface area contributed by atoms with Crippen LogP contribution in [0.2, 0.25) is 0 Å². The van der Waals surface area contributed by atoms with Gasteiger partial charge < -0.3 is 14.2 Å². The monoisotopic (exact) mass is 406 g/mol. The van der Waals surface area contributed by atoms with Gasteiger partial charge in [0, 0.05) is 0 Å². The molecule has 0 aromatic heterocycles. The number of amides is 1. The van der Waals surface area contributed by atoms with Gasteiger partial charge in [0.1, 0.15) is 0 Å². The molecular weight excluding hydrogens is 389 g/mol. The summed E-state index contributed by atoms with van der Waals surface area (Å²) < 4.78 is 56.3. The minimum atomic E-state index is -4.81. The number of anilines is 1. The Labute approximate surface area is 164 Å². The van der Waals surface area contributed by atoms with Crippen molar-refractivity contribution in [1.29, 1.82) is 0 Å². The summed E-state index contributed by atoms with van der Waals surface area (Å²) >= 11 is 0. The van der Waals surface area contributed by atoms with Crippen molar-refractivity contribution >= 4 is 23.4 Å². The zero-order valence-corrected chi connectivity index (χ0v) is 15.8. The van der Waals surface area contributed by atoms with E-state index >= 15 is 0 Å². The number of hydrogen-bond donors (Lipinski definition) is 0. The Morgan fingerprint density at radius 2 is 1.55 bits per heavy atom. The molecule has 0 atom stereocenters. The lowest BCUT2D eigenvalue weighted by Gasteiger charge is -2.13. The smallest absolute Gasteiger partial charge is 0.435 e. The number of alkyl halides is 3. The van der Waals surface area contributed by atoms with E-state index in [9.17, 15) is 18.0 Å². The van der Waals surface area contributed by atoms with E-state index in [0.717, 1.165) is 11.1 Å². The number of hydrazone groups is 1. The fourth-order valence-electron chi connectivity index (χ4n) is 2.85. The molecule has 3 rings (SSSR count). The highest BCUT2D eigenvalue weighted by molar-refractivity contribution is 6.34. The van der Waals surface area contributed by atoms with Crippen molar-refractivity contribution in [1.82, 2.24) is 0 Å². The number of benzene rings is 2. The first kappa shape index (κ1) is 20.2. The SMILES string of the molecule is COc1cc(/C=C2\C(=O)N(c3ccccc3)N=C2C(F)(F)F)cc(OC)c1OC. The summed E-state index contributed by atoms with van der Waals surface area (Å²) in [7, 11) is 4.18. The number of carbonyl (C=O) groups is 1. The van der Waals surface area contributed by atoms with Crippen molar-refractivity contribution in [2.24, 2.45) is 5.10 Å². The number of methoxy groups -OCH3 is 3. The standard InChI is InChI=1S/C20H17F3N2O4/c1-27-15-10-12(11-16(28-2)17(15)29-3)9-14-18(20(21,22)23)24-25(19(14)26)13-7-5-4-6-8-13/h4-11H,1-3H3/b14-9-. The molecule has 0 saturated heterocycles. The lowest BCUT2D eigenvalue weighted by Crippen LogP contribution is -2.25. The highest BCUT2D eigenvalue weighted by Crippen LogP contribution is 2.40. The number of rotatable bonds is 5. The van der Waals surface area contributed by atoms with Gasteiger partial charge in [0.15, 0.2) is 17.2 Å². The molecule has 152 valence electrons. The van der Waals surface area contributed by atoms with Crippen LogP contribution in [0.4, 0.5) is 18.9 Å². The van der Waals surface area contributed by atoms with Gasteiger partial charge >= 0.3 is 6.18 Å². The molecule has 0 unspecified atom stereocenters. The van der Waals surface area contributed by atoms with Crippen molar-refractivity contribution in [3.63, 3.8) is 0 Å². The van der Waals surface area contributed by atoms with Crippen LogP contribution in [0.3, 0.4) is 0 Å². The maximum atomic E-state index is 13.6. The Bertz CT molecular complexity index is 960. The molecule has 2 aromatic carbocycles. The largest absolute Gasteiger partial charge is 0.493 e. The topological polar surface area (TPSA) is 60.4 Å². The van der Waals surface area contributed by atoms with Crippen molar-refractivity contribution in [3.8, 4) is 17.2 Å². The number of halogens is 3. The van der Waals surface area contributed by atoms with E-state index in [1.165, 1.54) is 45.6 Å². The number of ether oxygens (including phenoxy) is 3. The number of nitrogens with zero attached hydrogens (tertiary/aromatic N) is 2. The van der Waals surface area contributed by atoms with E-state index in [0.29, 0.717) is 0 Å². The Morgan fingerprint density at radius 1 is 0.966 bits per heavy atom. The summed E-state index contributed by atoms with van der Waals surface area (Å²) in [5.74, 6) is -0.119. The fraction of sp³-hybridized carbons (Fsp3) is 0.200. The molecule has 1 heterocycles. The molecule has 0 aliphatic carbocycles. The Morgan fingerprint density at radius 3 is 2.03 bits per heavy atom. The van der Waals surface area contributed by atoms with E-state index in [4.69, 9.17) is 14.2 Å². The van der Waals surface area contributed by atoms with Crippen LogP contribution in [-0.2, 0) is 4.79 Å². The molecule has 0 N–H and O–H groups in total. The summed E-state index contributed by atoms with van der Waals surface area (Å²) in [6, 6.07) is 10.8. The molecule has 6 nitrogen and oxygen atoms in total. The summed E-state index contributed by atoms with van der Waals surface area (Å²) in [6.45, 7) is 0. The van der Waals surface area contributed by atoms with E-state index in [-0.39, 0.29) is 28.5 Å². The molecule has 0 radical (unpaired) electrons. The Kier molecular flexibility index (Phi) is 5.49. The summed E-state index contributed by atoms with van der Waals surface area (Å²) in [5, 5.41) is 4.26. The van der Waals surface area contributed by atoms with Crippen molar-refractivity contribution < 1.29 is 32.2 Å². The Hall–Kier alpha value is -3.49. The third kappa shape index (κ3) is 3.89. The minimum absolute atomic E-state index is 0.229. The number of carbonyl (C=O) groups excluding carboxylic acids is 1. The highest BCUT2D eigenvalue weighted by atomic mass is 19.4. The van der Waals surface area contributed by atoms with E-state index in [1.807, 2.05) is 0 Å². The third-order valence-corrected chi connectivity index (χ3v) is 4.15. The minimum Gasteiger partial charge on any atom is -0.493 e. The van der Waals surface area contributed by atoms with Crippen LogP contribution in [0.1, 0.15) is 5.56 Å². The molecule has 9 heteroatoms. The maximum Gasteiger partial charge on any atom is 0.435 e. The lowest BCUT2D eigenvalue weighted by molar-refractivity contribution is -0.114. The fourth-order valence-corrected chi connectivity index (χ4v) is 2.85. The summed E-state index contributed by atoms with van der Waals surface area (Å²) in [4.78, 5) is 12.8. The van der Waals surface area contributed by atoms with Crippen LogP contribution >= 0.6 is 0 Å². The highest BCUT2D eigenvalue weighted by Gasteiger charge is 2.46. The second-order valence-corrected chi connectivity index (χ2v) is 5.92. The van der Waals surface area contributed by atoms with Gasteiger partial charge in [0.2, 0.25) is 5.75 Å². The summed E-state index contributed by atoms with van der Waals surface area (Å²) in [6.07, 6.45) is -3.71. The molecule has 0 saturated carbocycles. The van der Waals surface area contributed by atoms with Gasteiger partial charge in [0.05, 0.1) is 32.6 Å². The van der Waals surface area contributed by atoms with Gasteiger partial charge in [0.25, 0.3) is 5.91 Å². The lowest BCUT2D eigenvalue weighted by atomic mass is 10.0. The quantitative estimate of drug-likeness (QED) is 0.703. The first-order valence-corrected chi connectivity index (χ1v) is 8.37. The van der Waals surface area contributed by atoms with Gasteiger partial charge in [-0.2, -0.15) is 23.3 Å². The molecule has 0 bridgehead atoms. The molecule has 0 fully saturated rings. The summed E-state index contributed by atoms with van der Waals surface area (Å²) in [5.41, 5.74) is -1.38. The van der Waals surface area contributed by atoms with Crippen LogP contribution in [0.15, 0.2) is 53.1 Å². The van der Waals surface area contributed by atoms with Gasteiger partial charge in [-0.15, -0.1) is 0 Å². The number of para-hydroxylation sites is 1.